The van der Waals surface area contributed by atoms with Gasteiger partial charge in [-0.25, -0.2) is 8.42 Å². The Morgan fingerprint density at radius 2 is 1.83 bits per heavy atom. The summed E-state index contributed by atoms with van der Waals surface area (Å²) in [5.74, 6) is 0.0799. The summed E-state index contributed by atoms with van der Waals surface area (Å²) in [7, 11) is -2.54. The van der Waals surface area contributed by atoms with E-state index in [0.29, 0.717) is 22.9 Å². The molecule has 0 aromatic heterocycles. The summed E-state index contributed by atoms with van der Waals surface area (Å²) in [6.07, 6.45) is 3.79. The third-order valence-electron chi connectivity index (χ3n) is 5.71. The Balaban J connectivity index is 1.71. The van der Waals surface area contributed by atoms with Crippen molar-refractivity contribution in [3.05, 3.63) is 88.4 Å². The molecule has 1 aliphatic heterocycles. The summed E-state index contributed by atoms with van der Waals surface area (Å²) >= 11 is 6.08. The number of sulfonamides is 1. The maximum atomic E-state index is 13.7. The van der Waals surface area contributed by atoms with Crippen LogP contribution in [0, 0.1) is 6.92 Å². The molecule has 0 aliphatic carbocycles. The van der Waals surface area contributed by atoms with Gasteiger partial charge in [-0.15, -0.1) is 0 Å². The summed E-state index contributed by atoms with van der Waals surface area (Å²) in [6, 6.07) is 19.7. The zero-order valence-electron chi connectivity index (χ0n) is 19.5. The van der Waals surface area contributed by atoms with Gasteiger partial charge in [-0.3, -0.25) is 9.10 Å². The Labute approximate surface area is 210 Å². The molecule has 3 aromatic carbocycles. The molecule has 0 saturated heterocycles. The maximum Gasteiger partial charge on any atom is 0.305 e. The van der Waals surface area contributed by atoms with Gasteiger partial charge in [-0.05, 0) is 66.4 Å². The van der Waals surface area contributed by atoms with Gasteiger partial charge < -0.3 is 9.47 Å². The monoisotopic (exact) mass is 511 g/mol. The van der Waals surface area contributed by atoms with Gasteiger partial charge >= 0.3 is 5.97 Å². The number of anilines is 1. The predicted octanol–water partition coefficient (Wildman–Crippen LogP) is 5.73. The zero-order chi connectivity index (χ0) is 25.0. The van der Waals surface area contributed by atoms with E-state index in [1.807, 2.05) is 49.4 Å². The Hall–Kier alpha value is -3.29. The fraction of sp³-hybridized carbons (Fsp3) is 0.222. The first-order chi connectivity index (χ1) is 16.8. The molecule has 1 atom stereocenters. The minimum atomic E-state index is -3.87. The molecular formula is C27H26ClNO5S. The van der Waals surface area contributed by atoms with Crippen LogP contribution in [0.15, 0.2) is 71.6 Å². The van der Waals surface area contributed by atoms with Crippen LogP contribution in [0.1, 0.15) is 29.5 Å². The van der Waals surface area contributed by atoms with Crippen LogP contribution in [0.25, 0.3) is 12.2 Å². The summed E-state index contributed by atoms with van der Waals surface area (Å²) in [5.41, 5.74) is 3.04. The molecule has 3 aromatic rings. The number of carbonyl (C=O) groups excluding carboxylic acids is 1. The lowest BCUT2D eigenvalue weighted by molar-refractivity contribution is -0.141. The number of rotatable bonds is 7. The summed E-state index contributed by atoms with van der Waals surface area (Å²) in [5, 5.41) is 0.638. The largest absolute Gasteiger partial charge is 0.486 e. The van der Waals surface area contributed by atoms with Gasteiger partial charge in [0.1, 0.15) is 11.9 Å². The first-order valence-electron chi connectivity index (χ1n) is 11.2. The molecule has 1 heterocycles. The Morgan fingerprint density at radius 1 is 1.09 bits per heavy atom. The second kappa shape index (κ2) is 10.5. The minimum Gasteiger partial charge on any atom is -0.486 e. The van der Waals surface area contributed by atoms with Crippen LogP contribution in [-0.4, -0.2) is 34.1 Å². The average Bonchev–Trinajstić information content (AvgIpc) is 2.85. The highest BCUT2D eigenvalue weighted by Gasteiger charge is 2.35. The molecule has 0 N–H and O–H groups in total. The van der Waals surface area contributed by atoms with Gasteiger partial charge in [0, 0.05) is 11.4 Å². The van der Waals surface area contributed by atoms with Gasteiger partial charge in [0.25, 0.3) is 10.0 Å². The van der Waals surface area contributed by atoms with E-state index >= 15 is 0 Å². The standard InChI is InChI=1S/C27H26ClNO5S/c1-19-5-3-8-24(15-19)35(31,32)29-18-23(12-14-27(30)33-2)34-26-13-11-21(17-25(26)29)10-9-20-6-4-7-22(28)16-20/h3-11,13,15-17,23H,12,14,18H2,1-2H3/b10-9+/t23-/m0/s1. The topological polar surface area (TPSA) is 72.9 Å². The van der Waals surface area contributed by atoms with E-state index in [2.05, 4.69) is 0 Å². The number of fused-ring (bicyclic) bond motifs is 1. The number of halogens is 1. The van der Waals surface area contributed by atoms with Crippen LogP contribution < -0.4 is 9.04 Å². The smallest absolute Gasteiger partial charge is 0.305 e. The average molecular weight is 512 g/mol. The number of aryl methyl sites for hydroxylation is 1. The molecule has 182 valence electrons. The van der Waals surface area contributed by atoms with Crippen molar-refractivity contribution in [1.29, 1.82) is 0 Å². The van der Waals surface area contributed by atoms with E-state index in [1.54, 1.807) is 36.4 Å². The van der Waals surface area contributed by atoms with Gasteiger partial charge in [-0.1, -0.05) is 54.1 Å². The van der Waals surface area contributed by atoms with Crippen molar-refractivity contribution in [3.63, 3.8) is 0 Å². The van der Waals surface area contributed by atoms with Crippen molar-refractivity contribution < 1.29 is 22.7 Å². The SMILES string of the molecule is COC(=O)CC[C@H]1CN(S(=O)(=O)c2cccc(C)c2)c2cc(/C=C/c3cccc(Cl)c3)ccc2O1. The first kappa shape index (κ1) is 24.8. The van der Waals surface area contributed by atoms with Crippen LogP contribution in [0.4, 0.5) is 5.69 Å². The van der Waals surface area contributed by atoms with E-state index in [9.17, 15) is 13.2 Å². The van der Waals surface area contributed by atoms with Crippen LogP contribution >= 0.6 is 11.6 Å². The summed E-state index contributed by atoms with van der Waals surface area (Å²) < 4.78 is 39.6. The fourth-order valence-electron chi connectivity index (χ4n) is 3.90. The van der Waals surface area contributed by atoms with E-state index in [0.717, 1.165) is 16.7 Å². The molecule has 0 spiro atoms. The molecule has 0 amide bonds. The van der Waals surface area contributed by atoms with Crippen molar-refractivity contribution in [2.75, 3.05) is 18.0 Å². The normalized spacial score (nSPS) is 15.5. The lowest BCUT2D eigenvalue weighted by atomic mass is 10.1. The first-order valence-corrected chi connectivity index (χ1v) is 13.0. The van der Waals surface area contributed by atoms with Crippen molar-refractivity contribution >= 4 is 45.4 Å². The number of esters is 1. The van der Waals surface area contributed by atoms with Gasteiger partial charge in [-0.2, -0.15) is 0 Å². The van der Waals surface area contributed by atoms with Crippen molar-refractivity contribution in [3.8, 4) is 5.75 Å². The number of nitrogens with zero attached hydrogens (tertiary/aromatic N) is 1. The predicted molar refractivity (Wildman–Crippen MR) is 138 cm³/mol. The molecular weight excluding hydrogens is 486 g/mol. The van der Waals surface area contributed by atoms with Gasteiger partial charge in [0.15, 0.2) is 0 Å². The van der Waals surface area contributed by atoms with E-state index < -0.39 is 16.1 Å². The van der Waals surface area contributed by atoms with Gasteiger partial charge in [0.2, 0.25) is 0 Å². The lowest BCUT2D eigenvalue weighted by Crippen LogP contribution is -2.43. The number of hydrogen-bond donors (Lipinski definition) is 0. The van der Waals surface area contributed by atoms with Crippen molar-refractivity contribution in [1.82, 2.24) is 0 Å². The molecule has 0 bridgehead atoms. The van der Waals surface area contributed by atoms with Crippen LogP contribution in [0.3, 0.4) is 0 Å². The Kier molecular flexibility index (Phi) is 7.48. The second-order valence-corrected chi connectivity index (χ2v) is 10.6. The molecule has 8 heteroatoms. The third-order valence-corrected chi connectivity index (χ3v) is 7.72. The minimum absolute atomic E-state index is 0.0850. The highest BCUT2D eigenvalue weighted by Crippen LogP contribution is 2.39. The fourth-order valence-corrected chi connectivity index (χ4v) is 5.70. The Morgan fingerprint density at radius 3 is 2.54 bits per heavy atom. The van der Waals surface area contributed by atoms with Crippen LogP contribution in [0.2, 0.25) is 5.02 Å². The third kappa shape index (κ3) is 5.86. The molecule has 4 rings (SSSR count). The molecule has 0 unspecified atom stereocenters. The van der Waals surface area contributed by atoms with E-state index in [4.69, 9.17) is 21.1 Å². The van der Waals surface area contributed by atoms with E-state index in [1.165, 1.54) is 11.4 Å². The quantitative estimate of drug-likeness (QED) is 0.299. The molecule has 6 nitrogen and oxygen atoms in total. The Bertz CT molecular complexity index is 1370. The maximum absolute atomic E-state index is 13.7. The van der Waals surface area contributed by atoms with Crippen molar-refractivity contribution in [2.24, 2.45) is 0 Å². The summed E-state index contributed by atoms with van der Waals surface area (Å²) in [6.45, 7) is 1.94. The number of carbonyl (C=O) groups is 1. The summed E-state index contributed by atoms with van der Waals surface area (Å²) in [4.78, 5) is 11.9. The number of benzene rings is 3. The van der Waals surface area contributed by atoms with Crippen LogP contribution in [-0.2, 0) is 19.6 Å². The highest BCUT2D eigenvalue weighted by atomic mass is 35.5. The number of hydrogen-bond acceptors (Lipinski definition) is 5. The van der Waals surface area contributed by atoms with E-state index in [-0.39, 0.29) is 23.8 Å². The highest BCUT2D eigenvalue weighted by molar-refractivity contribution is 7.92. The number of ether oxygens (including phenoxy) is 2. The van der Waals surface area contributed by atoms with Crippen molar-refractivity contribution in [2.45, 2.75) is 30.8 Å². The van der Waals surface area contributed by atoms with Crippen LogP contribution in [0.5, 0.6) is 5.75 Å². The molecule has 0 radical (unpaired) electrons. The molecule has 1 aliphatic rings. The van der Waals surface area contributed by atoms with Gasteiger partial charge in [0.05, 0.1) is 24.2 Å². The number of methoxy groups -OCH3 is 1. The lowest BCUT2D eigenvalue weighted by Gasteiger charge is -2.35. The molecule has 0 saturated carbocycles. The zero-order valence-corrected chi connectivity index (χ0v) is 21.1. The molecule has 35 heavy (non-hydrogen) atoms. The second-order valence-electron chi connectivity index (χ2n) is 8.32. The molecule has 0 fully saturated rings.